The van der Waals surface area contributed by atoms with Crippen LogP contribution in [-0.2, 0) is 6.42 Å². The summed E-state index contributed by atoms with van der Waals surface area (Å²) in [7, 11) is 1.79. The van der Waals surface area contributed by atoms with Gasteiger partial charge in [-0.1, -0.05) is 23.4 Å². The van der Waals surface area contributed by atoms with Gasteiger partial charge < -0.3 is 19.9 Å². The van der Waals surface area contributed by atoms with Crippen LogP contribution in [0.25, 0.3) is 0 Å². The molecule has 0 saturated heterocycles. The van der Waals surface area contributed by atoms with E-state index >= 15 is 0 Å². The van der Waals surface area contributed by atoms with Crippen molar-refractivity contribution in [1.82, 2.24) is 20.8 Å². The van der Waals surface area contributed by atoms with E-state index in [4.69, 9.17) is 9.26 Å². The molecule has 1 spiro atoms. The second-order valence-electron chi connectivity index (χ2n) is 7.42. The van der Waals surface area contributed by atoms with Crippen molar-refractivity contribution in [2.24, 2.45) is 4.99 Å². The topological polar surface area (TPSA) is 84.6 Å². The van der Waals surface area contributed by atoms with Gasteiger partial charge in [0.25, 0.3) is 0 Å². The molecule has 2 aromatic rings. The van der Waals surface area contributed by atoms with Gasteiger partial charge in [-0.25, -0.2) is 0 Å². The van der Waals surface area contributed by atoms with E-state index in [2.05, 4.69) is 44.0 Å². The van der Waals surface area contributed by atoms with Crippen molar-refractivity contribution >= 4 is 29.9 Å². The molecule has 1 aliphatic carbocycles. The number of aromatic nitrogens is 2. The predicted octanol–water partition coefficient (Wildman–Crippen LogP) is 3.54. The number of halogens is 1. The molecule has 2 heterocycles. The molecule has 152 valence electrons. The predicted molar refractivity (Wildman–Crippen MR) is 118 cm³/mol. The second-order valence-corrected chi connectivity index (χ2v) is 7.42. The Morgan fingerprint density at radius 2 is 2.07 bits per heavy atom. The minimum atomic E-state index is -0.0356. The van der Waals surface area contributed by atoms with Gasteiger partial charge in [-0.15, -0.1) is 24.0 Å². The van der Waals surface area contributed by atoms with Gasteiger partial charge in [0, 0.05) is 32.0 Å². The quantitative estimate of drug-likeness (QED) is 0.382. The first-order chi connectivity index (χ1) is 13.2. The number of hydrogen-bond donors (Lipinski definition) is 2. The fourth-order valence-electron chi connectivity index (χ4n) is 4.16. The molecular formula is C20H28IN5O2. The molecule has 1 aromatic carbocycles. The molecule has 1 unspecified atom stereocenters. The van der Waals surface area contributed by atoms with Crippen molar-refractivity contribution in [2.45, 2.75) is 57.1 Å². The maximum Gasteiger partial charge on any atom is 0.228 e. The maximum atomic E-state index is 6.44. The van der Waals surface area contributed by atoms with Crippen LogP contribution in [-0.4, -0.2) is 35.3 Å². The van der Waals surface area contributed by atoms with E-state index < -0.39 is 0 Å². The number of ether oxygens (including phenoxy) is 1. The summed E-state index contributed by atoms with van der Waals surface area (Å²) >= 11 is 0. The zero-order valence-electron chi connectivity index (χ0n) is 16.4. The zero-order chi connectivity index (χ0) is 18.7. The number of hydrogen-bond acceptors (Lipinski definition) is 5. The van der Waals surface area contributed by atoms with Crippen molar-refractivity contribution in [3.05, 3.63) is 41.5 Å². The molecule has 0 radical (unpaired) electrons. The number of guanidine groups is 1. The lowest BCUT2D eigenvalue weighted by atomic mass is 9.86. The van der Waals surface area contributed by atoms with Gasteiger partial charge in [-0.3, -0.25) is 4.99 Å². The van der Waals surface area contributed by atoms with Crippen molar-refractivity contribution in [3.8, 4) is 5.75 Å². The molecule has 1 saturated carbocycles. The molecule has 8 heteroatoms. The van der Waals surface area contributed by atoms with E-state index in [1.807, 2.05) is 13.0 Å². The minimum Gasteiger partial charge on any atom is -0.487 e. The van der Waals surface area contributed by atoms with Gasteiger partial charge in [-0.2, -0.15) is 4.98 Å². The van der Waals surface area contributed by atoms with Crippen LogP contribution in [0.5, 0.6) is 5.75 Å². The van der Waals surface area contributed by atoms with Gasteiger partial charge in [0.15, 0.2) is 11.8 Å². The average molecular weight is 497 g/mol. The number of benzene rings is 1. The number of fused-ring (bicyclic) bond motifs is 1. The van der Waals surface area contributed by atoms with Crippen LogP contribution in [0.1, 0.15) is 55.4 Å². The Hall–Kier alpha value is -1.84. The fourth-order valence-corrected chi connectivity index (χ4v) is 4.16. The van der Waals surface area contributed by atoms with Gasteiger partial charge in [0.05, 0.1) is 6.04 Å². The zero-order valence-corrected chi connectivity index (χ0v) is 18.7. The first-order valence-corrected chi connectivity index (χ1v) is 9.72. The van der Waals surface area contributed by atoms with E-state index in [9.17, 15) is 0 Å². The first kappa shape index (κ1) is 20.9. The first-order valence-electron chi connectivity index (χ1n) is 9.72. The summed E-state index contributed by atoms with van der Waals surface area (Å²) in [5.74, 6) is 3.07. The van der Waals surface area contributed by atoms with Gasteiger partial charge >= 0.3 is 0 Å². The summed E-state index contributed by atoms with van der Waals surface area (Å²) in [5, 5.41) is 10.8. The molecule has 1 atom stereocenters. The molecule has 1 aromatic heterocycles. The molecule has 0 amide bonds. The summed E-state index contributed by atoms with van der Waals surface area (Å²) in [4.78, 5) is 8.63. The number of nitrogens with zero attached hydrogens (tertiary/aromatic N) is 3. The highest BCUT2D eigenvalue weighted by Gasteiger charge is 2.43. The normalized spacial score (nSPS) is 20.2. The SMILES string of the molecule is CN=C(NCCc1nc(C)no1)NC1CC2(CCCC2)Oc2ccccc21.I. The number of nitrogens with one attached hydrogen (secondary N) is 2. The maximum absolute atomic E-state index is 6.44. The van der Waals surface area contributed by atoms with Crippen molar-refractivity contribution in [2.75, 3.05) is 13.6 Å². The summed E-state index contributed by atoms with van der Waals surface area (Å²) in [6.45, 7) is 2.50. The van der Waals surface area contributed by atoms with E-state index in [-0.39, 0.29) is 35.6 Å². The van der Waals surface area contributed by atoms with Gasteiger partial charge in [-0.05, 0) is 38.7 Å². The molecule has 28 heavy (non-hydrogen) atoms. The third kappa shape index (κ3) is 4.59. The second kappa shape index (κ2) is 9.11. The van der Waals surface area contributed by atoms with E-state index in [0.717, 1.165) is 31.0 Å². The Bertz CT molecular complexity index is 816. The standard InChI is InChI=1S/C20H27N5O2.HI/c1-14-23-18(27-25-14)9-12-22-19(21-2)24-16-13-20(10-5-6-11-20)26-17-8-4-3-7-15(16)17;/h3-4,7-8,16H,5-6,9-13H2,1-2H3,(H2,21,22,24);1H. The van der Waals surface area contributed by atoms with Crippen molar-refractivity contribution in [1.29, 1.82) is 0 Å². The molecule has 4 rings (SSSR count). The fraction of sp³-hybridized carbons (Fsp3) is 0.550. The summed E-state index contributed by atoms with van der Waals surface area (Å²) in [6.07, 6.45) is 6.37. The Balaban J connectivity index is 0.00000225. The Labute approximate surface area is 182 Å². The molecule has 0 bridgehead atoms. The smallest absolute Gasteiger partial charge is 0.228 e. The van der Waals surface area contributed by atoms with Crippen LogP contribution >= 0.6 is 24.0 Å². The van der Waals surface area contributed by atoms with Crippen LogP contribution < -0.4 is 15.4 Å². The third-order valence-corrected chi connectivity index (χ3v) is 5.45. The third-order valence-electron chi connectivity index (χ3n) is 5.45. The molecule has 2 N–H and O–H groups in total. The highest BCUT2D eigenvalue weighted by atomic mass is 127. The average Bonchev–Trinajstić information content (AvgIpc) is 3.29. The van der Waals surface area contributed by atoms with Crippen LogP contribution in [0.4, 0.5) is 0 Å². The van der Waals surface area contributed by atoms with Crippen molar-refractivity contribution in [3.63, 3.8) is 0 Å². The van der Waals surface area contributed by atoms with E-state index in [0.29, 0.717) is 24.7 Å². The molecule has 1 aliphatic heterocycles. The lowest BCUT2D eigenvalue weighted by molar-refractivity contribution is 0.0396. The minimum absolute atomic E-state index is 0. The number of aliphatic imine (C=N–C) groups is 1. The summed E-state index contributed by atoms with van der Waals surface area (Å²) in [5.41, 5.74) is 1.16. The van der Waals surface area contributed by atoms with E-state index in [1.54, 1.807) is 7.05 Å². The number of aryl methyl sites for hydroxylation is 1. The van der Waals surface area contributed by atoms with Crippen molar-refractivity contribution < 1.29 is 9.26 Å². The van der Waals surface area contributed by atoms with Gasteiger partial charge in [0.2, 0.25) is 5.89 Å². The van der Waals surface area contributed by atoms with Gasteiger partial charge in [0.1, 0.15) is 11.4 Å². The van der Waals surface area contributed by atoms with Crippen LogP contribution in [0.3, 0.4) is 0 Å². The lowest BCUT2D eigenvalue weighted by Crippen LogP contribution is -2.47. The highest BCUT2D eigenvalue weighted by Crippen LogP contribution is 2.46. The monoisotopic (exact) mass is 497 g/mol. The number of rotatable bonds is 4. The molecule has 1 fully saturated rings. The lowest BCUT2D eigenvalue weighted by Gasteiger charge is -2.40. The molecular weight excluding hydrogens is 469 g/mol. The Morgan fingerprint density at radius 1 is 1.29 bits per heavy atom. The highest BCUT2D eigenvalue weighted by molar-refractivity contribution is 14.0. The summed E-state index contributed by atoms with van der Waals surface area (Å²) < 4.78 is 11.6. The van der Waals surface area contributed by atoms with Crippen LogP contribution in [0.15, 0.2) is 33.8 Å². The molecule has 7 nitrogen and oxygen atoms in total. The summed E-state index contributed by atoms with van der Waals surface area (Å²) in [6, 6.07) is 8.52. The Kier molecular flexibility index (Phi) is 6.79. The van der Waals surface area contributed by atoms with Crippen LogP contribution in [0, 0.1) is 6.92 Å². The van der Waals surface area contributed by atoms with E-state index in [1.165, 1.54) is 18.4 Å². The molecule has 2 aliphatic rings. The van der Waals surface area contributed by atoms with Crippen LogP contribution in [0.2, 0.25) is 0 Å². The number of para-hydroxylation sites is 1. The largest absolute Gasteiger partial charge is 0.487 e. The Morgan fingerprint density at radius 3 is 2.79 bits per heavy atom.